The van der Waals surface area contributed by atoms with E-state index in [0.717, 1.165) is 19.0 Å². The summed E-state index contributed by atoms with van der Waals surface area (Å²) in [6.45, 7) is 9.75. The number of benzene rings is 1. The van der Waals surface area contributed by atoms with E-state index >= 15 is 0 Å². The van der Waals surface area contributed by atoms with Crippen molar-refractivity contribution in [2.75, 3.05) is 45.8 Å². The van der Waals surface area contributed by atoms with Crippen molar-refractivity contribution in [1.82, 2.24) is 20.0 Å². The van der Waals surface area contributed by atoms with Gasteiger partial charge in [-0.05, 0) is 33.3 Å². The first-order valence-electron chi connectivity index (χ1n) is 9.86. The van der Waals surface area contributed by atoms with E-state index in [0.29, 0.717) is 39.3 Å². The molecule has 0 radical (unpaired) electrons. The van der Waals surface area contributed by atoms with Gasteiger partial charge in [0.25, 0.3) is 0 Å². The highest BCUT2D eigenvalue weighted by Crippen LogP contribution is 2.18. The Labute approximate surface area is 165 Å². The molecule has 0 saturated carbocycles. The third-order valence-electron chi connectivity index (χ3n) is 5.12. The number of carbonyl (C=O) groups is 2. The van der Waals surface area contributed by atoms with Crippen LogP contribution in [0.2, 0.25) is 0 Å². The second-order valence-corrected chi connectivity index (χ2v) is 7.02. The zero-order valence-electron chi connectivity index (χ0n) is 16.9. The predicted octanol–water partition coefficient (Wildman–Crippen LogP) is 2.61. The van der Waals surface area contributed by atoms with E-state index in [-0.39, 0.29) is 17.5 Å². The maximum atomic E-state index is 13.9. The van der Waals surface area contributed by atoms with Crippen molar-refractivity contribution < 1.29 is 18.4 Å². The quantitative estimate of drug-likeness (QED) is 0.804. The minimum absolute atomic E-state index is 0.100. The molecule has 156 valence electrons. The summed E-state index contributed by atoms with van der Waals surface area (Å²) >= 11 is 0. The third-order valence-corrected chi connectivity index (χ3v) is 5.12. The van der Waals surface area contributed by atoms with Gasteiger partial charge in [-0.2, -0.15) is 0 Å². The second kappa shape index (κ2) is 10.4. The van der Waals surface area contributed by atoms with Gasteiger partial charge in [-0.15, -0.1) is 0 Å². The van der Waals surface area contributed by atoms with Gasteiger partial charge in [-0.1, -0.05) is 6.07 Å². The van der Waals surface area contributed by atoms with Crippen LogP contribution in [0.1, 0.15) is 38.8 Å². The van der Waals surface area contributed by atoms with Gasteiger partial charge in [0.15, 0.2) is 0 Å². The Hall–Kier alpha value is -2.22. The van der Waals surface area contributed by atoms with Crippen LogP contribution in [0.4, 0.5) is 13.6 Å². The summed E-state index contributed by atoms with van der Waals surface area (Å²) in [7, 11) is 0. The van der Waals surface area contributed by atoms with E-state index < -0.39 is 17.7 Å². The summed E-state index contributed by atoms with van der Waals surface area (Å²) in [6.07, 6.45) is 0.762. The molecule has 1 saturated heterocycles. The highest BCUT2D eigenvalue weighted by atomic mass is 19.1. The van der Waals surface area contributed by atoms with E-state index in [1.807, 2.05) is 13.8 Å². The standard InChI is InChI=1S/C20H30F2N4O2/c1-4-25(5-2)19(27)14-24-9-6-10-26(12-11-24)20(28)23-15(3)17-8-7-16(21)13-18(17)22/h7-8,13,15H,4-6,9-12,14H2,1-3H3,(H,23,28). The summed E-state index contributed by atoms with van der Waals surface area (Å²) in [5, 5.41) is 2.78. The maximum Gasteiger partial charge on any atom is 0.317 e. The van der Waals surface area contributed by atoms with Gasteiger partial charge in [0.05, 0.1) is 12.6 Å². The largest absolute Gasteiger partial charge is 0.342 e. The zero-order valence-corrected chi connectivity index (χ0v) is 16.9. The molecule has 1 heterocycles. The molecule has 0 spiro atoms. The van der Waals surface area contributed by atoms with Gasteiger partial charge in [-0.3, -0.25) is 9.69 Å². The van der Waals surface area contributed by atoms with Crippen molar-refractivity contribution in [2.24, 2.45) is 0 Å². The molecule has 0 aromatic heterocycles. The molecule has 1 aliphatic heterocycles. The van der Waals surface area contributed by atoms with Crippen LogP contribution in [-0.4, -0.2) is 72.5 Å². The molecular weight excluding hydrogens is 366 g/mol. The lowest BCUT2D eigenvalue weighted by atomic mass is 10.1. The fourth-order valence-corrected chi connectivity index (χ4v) is 3.41. The maximum absolute atomic E-state index is 13.9. The van der Waals surface area contributed by atoms with Crippen LogP contribution in [0.3, 0.4) is 0 Å². The number of amides is 3. The molecule has 1 aliphatic rings. The van der Waals surface area contributed by atoms with E-state index in [4.69, 9.17) is 0 Å². The number of carbonyl (C=O) groups excluding carboxylic acids is 2. The molecular formula is C20H30F2N4O2. The van der Waals surface area contributed by atoms with Crippen LogP contribution in [0, 0.1) is 11.6 Å². The van der Waals surface area contributed by atoms with Gasteiger partial charge >= 0.3 is 6.03 Å². The number of likely N-dealkylation sites (N-methyl/N-ethyl adjacent to an activating group) is 1. The van der Waals surface area contributed by atoms with E-state index in [2.05, 4.69) is 10.2 Å². The van der Waals surface area contributed by atoms with Crippen molar-refractivity contribution in [2.45, 2.75) is 33.2 Å². The Morgan fingerprint density at radius 1 is 1.14 bits per heavy atom. The number of hydrogen-bond acceptors (Lipinski definition) is 3. The monoisotopic (exact) mass is 396 g/mol. The lowest BCUT2D eigenvalue weighted by molar-refractivity contribution is -0.132. The van der Waals surface area contributed by atoms with Crippen molar-refractivity contribution in [1.29, 1.82) is 0 Å². The Kier molecular flexibility index (Phi) is 8.17. The number of urea groups is 1. The fourth-order valence-electron chi connectivity index (χ4n) is 3.41. The molecule has 1 atom stereocenters. The van der Waals surface area contributed by atoms with Crippen LogP contribution in [0.15, 0.2) is 18.2 Å². The average Bonchev–Trinajstić information content (AvgIpc) is 2.88. The van der Waals surface area contributed by atoms with Gasteiger partial charge in [0.2, 0.25) is 5.91 Å². The first kappa shape index (κ1) is 22.1. The van der Waals surface area contributed by atoms with Crippen molar-refractivity contribution >= 4 is 11.9 Å². The molecule has 0 aliphatic carbocycles. The molecule has 1 aromatic rings. The minimum atomic E-state index is -0.676. The first-order valence-corrected chi connectivity index (χ1v) is 9.86. The van der Waals surface area contributed by atoms with E-state index in [9.17, 15) is 18.4 Å². The van der Waals surface area contributed by atoms with Crippen molar-refractivity contribution in [3.63, 3.8) is 0 Å². The van der Waals surface area contributed by atoms with E-state index in [1.165, 1.54) is 12.1 Å². The third kappa shape index (κ3) is 5.89. The second-order valence-electron chi connectivity index (χ2n) is 7.02. The lowest BCUT2D eigenvalue weighted by Gasteiger charge is -2.26. The zero-order chi connectivity index (χ0) is 20.7. The smallest absolute Gasteiger partial charge is 0.317 e. The minimum Gasteiger partial charge on any atom is -0.342 e. The molecule has 8 heteroatoms. The van der Waals surface area contributed by atoms with Crippen LogP contribution >= 0.6 is 0 Å². The SMILES string of the molecule is CCN(CC)C(=O)CN1CCCN(C(=O)NC(C)c2ccc(F)cc2F)CC1. The molecule has 1 fully saturated rings. The van der Waals surface area contributed by atoms with Crippen LogP contribution < -0.4 is 5.32 Å². The van der Waals surface area contributed by atoms with Gasteiger partial charge in [-0.25, -0.2) is 13.6 Å². The molecule has 1 unspecified atom stereocenters. The number of rotatable bonds is 6. The molecule has 0 bridgehead atoms. The fraction of sp³-hybridized carbons (Fsp3) is 0.600. The summed E-state index contributed by atoms with van der Waals surface area (Å²) in [4.78, 5) is 30.4. The number of halogens is 2. The van der Waals surface area contributed by atoms with Gasteiger partial charge in [0, 0.05) is 50.9 Å². The summed E-state index contributed by atoms with van der Waals surface area (Å²) in [5.74, 6) is -1.22. The number of nitrogens with one attached hydrogen (secondary N) is 1. The summed E-state index contributed by atoms with van der Waals surface area (Å²) < 4.78 is 27.0. The molecule has 3 amide bonds. The van der Waals surface area contributed by atoms with Crippen molar-refractivity contribution in [3.8, 4) is 0 Å². The van der Waals surface area contributed by atoms with Crippen LogP contribution in [0.25, 0.3) is 0 Å². The Morgan fingerprint density at radius 2 is 1.86 bits per heavy atom. The van der Waals surface area contributed by atoms with E-state index in [1.54, 1.807) is 16.7 Å². The molecule has 28 heavy (non-hydrogen) atoms. The molecule has 6 nitrogen and oxygen atoms in total. The normalized spacial score (nSPS) is 16.4. The average molecular weight is 396 g/mol. The Balaban J connectivity index is 1.89. The first-order chi connectivity index (χ1) is 13.3. The Morgan fingerprint density at radius 3 is 2.50 bits per heavy atom. The predicted molar refractivity (Wildman–Crippen MR) is 104 cm³/mol. The van der Waals surface area contributed by atoms with Crippen LogP contribution in [-0.2, 0) is 4.79 Å². The Bertz CT molecular complexity index is 682. The van der Waals surface area contributed by atoms with Gasteiger partial charge in [0.1, 0.15) is 11.6 Å². The van der Waals surface area contributed by atoms with Crippen molar-refractivity contribution in [3.05, 3.63) is 35.4 Å². The summed E-state index contributed by atoms with van der Waals surface area (Å²) in [6, 6.07) is 2.48. The lowest BCUT2D eigenvalue weighted by Crippen LogP contribution is -2.44. The van der Waals surface area contributed by atoms with Gasteiger partial charge < -0.3 is 15.1 Å². The highest BCUT2D eigenvalue weighted by molar-refractivity contribution is 5.78. The summed E-state index contributed by atoms with van der Waals surface area (Å²) in [5.41, 5.74) is 0.246. The van der Waals surface area contributed by atoms with Crippen LogP contribution in [0.5, 0.6) is 0 Å². The highest BCUT2D eigenvalue weighted by Gasteiger charge is 2.23. The molecule has 1 aromatic carbocycles. The topological polar surface area (TPSA) is 55.9 Å². The molecule has 2 rings (SSSR count). The number of hydrogen-bond donors (Lipinski definition) is 1. The molecule has 1 N–H and O–H groups in total. The number of nitrogens with zero attached hydrogens (tertiary/aromatic N) is 3.